The number of benzene rings is 1. The van der Waals surface area contributed by atoms with E-state index in [1.54, 1.807) is 24.3 Å². The molecule has 2 rings (SSSR count). The molecule has 21 heavy (non-hydrogen) atoms. The van der Waals surface area contributed by atoms with Crippen LogP contribution in [0.2, 0.25) is 0 Å². The molecule has 1 fully saturated rings. The van der Waals surface area contributed by atoms with E-state index in [0.29, 0.717) is 5.69 Å². The third-order valence-electron chi connectivity index (χ3n) is 2.45. The summed E-state index contributed by atoms with van der Waals surface area (Å²) in [5.74, 6) is 0. The summed E-state index contributed by atoms with van der Waals surface area (Å²) in [5.41, 5.74) is 1.26. The number of anilines is 1. The van der Waals surface area contributed by atoms with Gasteiger partial charge in [-0.2, -0.15) is 0 Å². The second-order valence-corrected chi connectivity index (χ2v) is 5.36. The normalized spacial score (nSPS) is 14.2. The first-order valence-electron chi connectivity index (χ1n) is 6.12. The maximum absolute atomic E-state index is 10.2. The summed E-state index contributed by atoms with van der Waals surface area (Å²) < 4.78 is 38.0. The van der Waals surface area contributed by atoms with Crippen LogP contribution in [0.5, 0.6) is 0 Å². The predicted molar refractivity (Wildman–Crippen MR) is 75.0 cm³/mol. The van der Waals surface area contributed by atoms with Crippen LogP contribution in [0.25, 0.3) is 0 Å². The Labute approximate surface area is 147 Å². The fourth-order valence-electron chi connectivity index (χ4n) is 1.42. The Kier molecular flexibility index (Phi) is 10.0. The van der Waals surface area contributed by atoms with Gasteiger partial charge in [0, 0.05) is 33.0 Å². The molecule has 0 spiro atoms. The van der Waals surface area contributed by atoms with Gasteiger partial charge in [0.25, 0.3) is 0 Å². The smallest absolute Gasteiger partial charge is 0.728 e. The molecule has 1 aromatic carbocycles. The van der Waals surface area contributed by atoms with E-state index in [0.717, 1.165) is 18.9 Å². The first kappa shape index (κ1) is 20.5. The molecule has 1 aliphatic heterocycles. The summed E-state index contributed by atoms with van der Waals surface area (Å²) in [6.07, 6.45) is 2.56. The van der Waals surface area contributed by atoms with Gasteiger partial charge in [0.1, 0.15) is 0 Å². The van der Waals surface area contributed by atoms with Crippen LogP contribution in [-0.4, -0.2) is 40.3 Å². The third kappa shape index (κ3) is 9.94. The van der Waals surface area contributed by atoms with Gasteiger partial charge in [-0.25, -0.2) is 8.42 Å². The molecule has 0 aliphatic carbocycles. The maximum Gasteiger partial charge on any atom is 1.00 e. The van der Waals surface area contributed by atoms with Crippen LogP contribution in [0.1, 0.15) is 12.8 Å². The molecule has 0 atom stereocenters. The summed E-state index contributed by atoms with van der Waals surface area (Å²) in [7, 11) is -0.904. The van der Waals surface area contributed by atoms with Crippen LogP contribution in [0.15, 0.2) is 33.9 Å². The van der Waals surface area contributed by atoms with Crippen molar-refractivity contribution < 1.29 is 47.3 Å². The molecule has 1 saturated heterocycles. The van der Waals surface area contributed by atoms with Gasteiger partial charge >= 0.3 is 29.6 Å². The average Bonchev–Trinajstić information content (AvgIpc) is 2.95. The molecule has 9 heteroatoms. The standard InChI is InChI=1S/C8H11N3O3S.C4H8O.Na/c1-11(2)8-5-3-7(4-6-8)9-10-15(12,13)14;1-2-4-5-3-1;/h3-6H,1-2H3,(H,12,13,14);1-4H2;/q;;+1/p-1/b10-9+;;. The molecule has 0 saturated carbocycles. The first-order valence-corrected chi connectivity index (χ1v) is 7.49. The van der Waals surface area contributed by atoms with Crippen LogP contribution in [0.3, 0.4) is 0 Å². The largest absolute Gasteiger partial charge is 1.00 e. The van der Waals surface area contributed by atoms with Crippen molar-refractivity contribution >= 4 is 21.7 Å². The zero-order valence-electron chi connectivity index (χ0n) is 12.5. The van der Waals surface area contributed by atoms with Crippen molar-refractivity contribution in [3.05, 3.63) is 24.3 Å². The van der Waals surface area contributed by atoms with Crippen LogP contribution in [0.4, 0.5) is 11.4 Å². The van der Waals surface area contributed by atoms with Crippen molar-refractivity contribution in [1.29, 1.82) is 0 Å². The molecule has 1 aromatic rings. The molecule has 0 N–H and O–H groups in total. The fourth-order valence-corrected chi connectivity index (χ4v) is 1.62. The molecule has 7 nitrogen and oxygen atoms in total. The average molecular weight is 323 g/mol. The molecular weight excluding hydrogens is 305 g/mol. The van der Waals surface area contributed by atoms with Gasteiger partial charge in [0.2, 0.25) is 10.3 Å². The van der Waals surface area contributed by atoms with Crippen LogP contribution in [0, 0.1) is 0 Å². The van der Waals surface area contributed by atoms with E-state index >= 15 is 0 Å². The van der Waals surface area contributed by atoms with Crippen molar-refractivity contribution in [2.45, 2.75) is 12.8 Å². The third-order valence-corrected chi connectivity index (χ3v) is 2.73. The zero-order chi connectivity index (χ0) is 15.0. The molecular formula is C12H18N3NaO4S. The van der Waals surface area contributed by atoms with E-state index in [1.165, 1.54) is 12.8 Å². The van der Waals surface area contributed by atoms with E-state index in [9.17, 15) is 13.0 Å². The van der Waals surface area contributed by atoms with Crippen molar-refractivity contribution in [2.75, 3.05) is 32.2 Å². The molecule has 0 bridgehead atoms. The van der Waals surface area contributed by atoms with Crippen LogP contribution < -0.4 is 34.5 Å². The monoisotopic (exact) mass is 323 g/mol. The Morgan fingerprint density at radius 1 is 1.14 bits per heavy atom. The SMILES string of the molecule is C1CCOC1.CN(C)c1ccc(/N=N/S(=O)(=O)[O-])cc1.[Na+]. The Hall–Kier alpha value is -0.510. The summed E-state index contributed by atoms with van der Waals surface area (Å²) in [6.45, 7) is 2.00. The Morgan fingerprint density at radius 3 is 2.00 bits per heavy atom. The summed E-state index contributed by atoms with van der Waals surface area (Å²) in [6, 6.07) is 6.63. The fraction of sp³-hybridized carbons (Fsp3) is 0.500. The Bertz CT molecular complexity index is 520. The maximum atomic E-state index is 10.2. The van der Waals surface area contributed by atoms with Gasteiger partial charge < -0.3 is 14.2 Å². The van der Waals surface area contributed by atoms with Gasteiger partial charge in [-0.1, -0.05) is 4.52 Å². The molecule has 0 aromatic heterocycles. The molecule has 1 heterocycles. The van der Waals surface area contributed by atoms with Crippen molar-refractivity contribution in [3.8, 4) is 0 Å². The van der Waals surface area contributed by atoms with E-state index in [1.807, 2.05) is 19.0 Å². The molecule has 0 radical (unpaired) electrons. The summed E-state index contributed by atoms with van der Waals surface area (Å²) in [5, 5.41) is 3.28. The van der Waals surface area contributed by atoms with Crippen LogP contribution >= 0.6 is 0 Å². The zero-order valence-corrected chi connectivity index (χ0v) is 15.3. The first-order chi connectivity index (χ1) is 9.38. The number of nitrogens with zero attached hydrogens (tertiary/aromatic N) is 3. The van der Waals surface area contributed by atoms with Gasteiger partial charge in [0.15, 0.2) is 0 Å². The number of ether oxygens (including phenoxy) is 1. The Morgan fingerprint density at radius 2 is 1.67 bits per heavy atom. The van der Waals surface area contributed by atoms with Crippen molar-refractivity contribution in [1.82, 2.24) is 0 Å². The van der Waals surface area contributed by atoms with E-state index in [-0.39, 0.29) is 29.6 Å². The second kappa shape index (κ2) is 10.3. The summed E-state index contributed by atoms with van der Waals surface area (Å²) >= 11 is 0. The predicted octanol–water partition coefficient (Wildman–Crippen LogP) is -0.903. The number of hydrogen-bond donors (Lipinski definition) is 0. The molecule has 1 aliphatic rings. The van der Waals surface area contributed by atoms with Crippen LogP contribution in [-0.2, 0) is 15.0 Å². The Balaban J connectivity index is 0.000000562. The minimum Gasteiger partial charge on any atom is -0.728 e. The van der Waals surface area contributed by atoms with Gasteiger partial charge in [-0.3, -0.25) is 0 Å². The molecule has 112 valence electrons. The van der Waals surface area contributed by atoms with Crippen molar-refractivity contribution in [3.63, 3.8) is 0 Å². The van der Waals surface area contributed by atoms with Gasteiger partial charge in [-0.05, 0) is 37.1 Å². The van der Waals surface area contributed by atoms with E-state index < -0.39 is 10.3 Å². The minimum absolute atomic E-state index is 0. The van der Waals surface area contributed by atoms with Gasteiger partial charge in [0.05, 0.1) is 5.69 Å². The second-order valence-electron chi connectivity index (χ2n) is 4.34. The molecule has 0 amide bonds. The van der Waals surface area contributed by atoms with E-state index in [4.69, 9.17) is 4.74 Å². The number of hydrogen-bond acceptors (Lipinski definition) is 6. The summed E-state index contributed by atoms with van der Waals surface area (Å²) in [4.78, 5) is 1.88. The van der Waals surface area contributed by atoms with Gasteiger partial charge in [-0.15, -0.1) is 5.11 Å². The quantitative estimate of drug-likeness (QED) is 0.408. The van der Waals surface area contributed by atoms with E-state index in [2.05, 4.69) is 9.63 Å². The number of rotatable bonds is 3. The molecule has 0 unspecified atom stereocenters. The topological polar surface area (TPSA) is 94.4 Å². The minimum atomic E-state index is -4.65. The van der Waals surface area contributed by atoms with Crippen molar-refractivity contribution in [2.24, 2.45) is 9.63 Å².